The number of aliphatic hydroxyl groups excluding tert-OH is 1. The number of aliphatic hydroxyl groups is 1. The van der Waals surface area contributed by atoms with Crippen LogP contribution in [-0.4, -0.2) is 76.9 Å². The van der Waals surface area contributed by atoms with Gasteiger partial charge in [0.15, 0.2) is 11.6 Å². The summed E-state index contributed by atoms with van der Waals surface area (Å²) in [6.45, 7) is 1.81. The molecule has 0 unspecified atom stereocenters. The monoisotopic (exact) mass is 502 g/mol. The summed E-state index contributed by atoms with van der Waals surface area (Å²) < 4.78 is 54.5. The highest BCUT2D eigenvalue weighted by molar-refractivity contribution is 5.75. The van der Waals surface area contributed by atoms with Crippen molar-refractivity contribution in [3.8, 4) is 0 Å². The third-order valence-corrected chi connectivity index (χ3v) is 7.51. The van der Waals surface area contributed by atoms with Crippen molar-refractivity contribution in [3.63, 3.8) is 0 Å². The molecule has 3 fully saturated rings. The first-order valence-electron chi connectivity index (χ1n) is 12.4. The Morgan fingerprint density at radius 2 is 1.89 bits per heavy atom. The second-order valence-electron chi connectivity index (χ2n) is 10.2. The lowest BCUT2D eigenvalue weighted by Crippen LogP contribution is -2.48. The van der Waals surface area contributed by atoms with Gasteiger partial charge in [-0.25, -0.2) is 9.97 Å². The Morgan fingerprint density at radius 1 is 1.17 bits per heavy atom. The number of rotatable bonds is 9. The van der Waals surface area contributed by atoms with E-state index in [1.54, 1.807) is 4.90 Å². The number of β-amino-alcohol motifs (C(OH)–C–C–N with tert-alkyl or cyclic N) is 1. The first kappa shape index (κ1) is 25.9. The molecule has 0 bridgehead atoms. The van der Waals surface area contributed by atoms with E-state index in [0.717, 1.165) is 12.8 Å². The fourth-order valence-electron chi connectivity index (χ4n) is 5.30. The van der Waals surface area contributed by atoms with E-state index in [1.807, 2.05) is 4.90 Å². The summed E-state index contributed by atoms with van der Waals surface area (Å²) >= 11 is 0. The molecule has 1 aromatic heterocycles. The smallest absolute Gasteiger partial charge is 0.391 e. The number of hydrogen-bond acceptors (Lipinski definition) is 7. The van der Waals surface area contributed by atoms with Gasteiger partial charge in [-0.3, -0.25) is 9.69 Å². The number of likely N-dealkylation sites (tertiary alicyclic amines) is 1. The number of alkyl halides is 3. The number of anilines is 2. The van der Waals surface area contributed by atoms with Crippen molar-refractivity contribution in [2.75, 3.05) is 42.9 Å². The lowest BCUT2D eigenvalue weighted by Gasteiger charge is -2.35. The topological polar surface area (TPSA) is 108 Å². The summed E-state index contributed by atoms with van der Waals surface area (Å²) in [7, 11) is 0. The largest absolute Gasteiger partial charge is 0.391 e. The Labute approximate surface area is 202 Å². The molecule has 0 spiro atoms. The van der Waals surface area contributed by atoms with Crippen LogP contribution >= 0.6 is 0 Å². The highest BCUT2D eigenvalue weighted by Gasteiger charge is 2.42. The average molecular weight is 503 g/mol. The van der Waals surface area contributed by atoms with Gasteiger partial charge in [-0.15, -0.1) is 0 Å². The molecule has 1 saturated heterocycles. The first-order valence-corrected chi connectivity index (χ1v) is 12.4. The van der Waals surface area contributed by atoms with Crippen molar-refractivity contribution in [1.82, 2.24) is 14.9 Å². The van der Waals surface area contributed by atoms with Gasteiger partial charge in [0.1, 0.15) is 6.33 Å². The molecule has 0 radical (unpaired) electrons. The molecule has 1 amide bonds. The van der Waals surface area contributed by atoms with E-state index in [9.17, 15) is 23.1 Å². The molecule has 4 rings (SSSR count). The zero-order valence-electron chi connectivity index (χ0n) is 19.7. The van der Waals surface area contributed by atoms with Gasteiger partial charge in [0.25, 0.3) is 0 Å². The number of nitrogens with two attached hydrogens (primary N) is 1. The Hall–Kier alpha value is -2.21. The molecule has 2 atom stereocenters. The summed E-state index contributed by atoms with van der Waals surface area (Å²) in [6, 6.07) is 0.143. The summed E-state index contributed by atoms with van der Waals surface area (Å²) in [4.78, 5) is 23.0. The second kappa shape index (κ2) is 10.8. The number of nitrogens with zero attached hydrogens (tertiary/aromatic N) is 4. The molecule has 2 aliphatic carbocycles. The maximum Gasteiger partial charge on any atom is 0.391 e. The molecule has 12 heteroatoms. The normalized spacial score (nSPS) is 28.0. The summed E-state index contributed by atoms with van der Waals surface area (Å²) in [5, 5.41) is 13.4. The van der Waals surface area contributed by atoms with Gasteiger partial charge in [-0.1, -0.05) is 0 Å². The van der Waals surface area contributed by atoms with Gasteiger partial charge >= 0.3 is 6.18 Å². The van der Waals surface area contributed by atoms with E-state index in [4.69, 9.17) is 5.73 Å². The fourth-order valence-corrected chi connectivity index (χ4v) is 5.30. The van der Waals surface area contributed by atoms with Crippen molar-refractivity contribution in [1.29, 1.82) is 0 Å². The van der Waals surface area contributed by atoms with E-state index in [1.165, 1.54) is 6.33 Å². The molecule has 2 heterocycles. The van der Waals surface area contributed by atoms with E-state index in [0.29, 0.717) is 45.4 Å². The maximum absolute atomic E-state index is 15.4. The standard InChI is InChI=1S/C23H34F4N6O2/c24-20-21(29-9-15-7-8-32(11-18(15)34)12-19(28)35)30-13-31-22(20)33(17-5-6-17)10-14-1-3-16(4-2-14)23(25,26)27/h13-18,34H,1-12H2,(H2,28,35)(H,29,30,31)/t14?,15-,16?,18+/m0/s1. The van der Waals surface area contributed by atoms with Crippen molar-refractivity contribution >= 4 is 17.5 Å². The number of carbonyl (C=O) groups excluding carboxylic acids is 1. The van der Waals surface area contributed by atoms with Crippen LogP contribution in [-0.2, 0) is 4.79 Å². The van der Waals surface area contributed by atoms with E-state index >= 15 is 4.39 Å². The Balaban J connectivity index is 1.36. The fraction of sp³-hybridized carbons (Fsp3) is 0.783. The number of piperidine rings is 1. The summed E-state index contributed by atoms with van der Waals surface area (Å²) in [6.07, 6.45) is 0.0636. The van der Waals surface area contributed by atoms with Gasteiger partial charge in [-0.2, -0.15) is 17.6 Å². The molecule has 1 aliphatic heterocycles. The number of nitrogens with one attached hydrogen (secondary N) is 1. The van der Waals surface area contributed by atoms with Crippen molar-refractivity contribution < 1.29 is 27.5 Å². The molecule has 0 aromatic carbocycles. The number of amides is 1. The van der Waals surface area contributed by atoms with Crippen LogP contribution in [0.15, 0.2) is 6.33 Å². The zero-order valence-corrected chi connectivity index (χ0v) is 19.7. The summed E-state index contributed by atoms with van der Waals surface area (Å²) in [5.41, 5.74) is 5.22. The predicted molar refractivity (Wildman–Crippen MR) is 122 cm³/mol. The molecular formula is C23H34F4N6O2. The quantitative estimate of drug-likeness (QED) is 0.446. The molecular weight excluding hydrogens is 468 g/mol. The zero-order chi connectivity index (χ0) is 25.2. The number of halogens is 4. The van der Waals surface area contributed by atoms with E-state index in [-0.39, 0.29) is 48.9 Å². The molecule has 196 valence electrons. The molecule has 35 heavy (non-hydrogen) atoms. The minimum Gasteiger partial charge on any atom is -0.391 e. The molecule has 1 aromatic rings. The Kier molecular flexibility index (Phi) is 7.99. The molecule has 4 N–H and O–H groups in total. The Bertz CT molecular complexity index is 876. The van der Waals surface area contributed by atoms with Crippen LogP contribution in [0.25, 0.3) is 0 Å². The average Bonchev–Trinajstić information content (AvgIpc) is 3.63. The van der Waals surface area contributed by atoms with Crippen LogP contribution in [0.4, 0.5) is 29.2 Å². The van der Waals surface area contributed by atoms with Crippen LogP contribution < -0.4 is 16.0 Å². The third-order valence-electron chi connectivity index (χ3n) is 7.51. The van der Waals surface area contributed by atoms with Crippen LogP contribution in [0.3, 0.4) is 0 Å². The van der Waals surface area contributed by atoms with Gasteiger partial charge < -0.3 is 21.1 Å². The Morgan fingerprint density at radius 3 is 2.49 bits per heavy atom. The lowest BCUT2D eigenvalue weighted by atomic mass is 9.81. The van der Waals surface area contributed by atoms with Gasteiger partial charge in [0, 0.05) is 31.6 Å². The predicted octanol–water partition coefficient (Wildman–Crippen LogP) is 2.53. The minimum atomic E-state index is -4.15. The first-order chi connectivity index (χ1) is 16.6. The molecule has 8 nitrogen and oxygen atoms in total. The molecule has 3 aliphatic rings. The van der Waals surface area contributed by atoms with Gasteiger partial charge in [0.05, 0.1) is 18.6 Å². The van der Waals surface area contributed by atoms with Crippen molar-refractivity contribution in [3.05, 3.63) is 12.1 Å². The third kappa shape index (κ3) is 6.72. The maximum atomic E-state index is 15.4. The van der Waals surface area contributed by atoms with Crippen LogP contribution in [0.1, 0.15) is 44.9 Å². The van der Waals surface area contributed by atoms with E-state index < -0.39 is 29.9 Å². The number of aromatic nitrogens is 2. The number of carbonyl (C=O) groups is 1. The van der Waals surface area contributed by atoms with Crippen LogP contribution in [0.5, 0.6) is 0 Å². The highest BCUT2D eigenvalue weighted by Crippen LogP contribution is 2.41. The van der Waals surface area contributed by atoms with Gasteiger partial charge in [0.2, 0.25) is 11.7 Å². The number of hydrogen-bond donors (Lipinski definition) is 3. The highest BCUT2D eigenvalue weighted by atomic mass is 19.4. The molecule has 2 saturated carbocycles. The SMILES string of the molecule is NC(=O)CN1CC[C@@H](CNc2ncnc(N(CC3CCC(C(F)(F)F)CC3)C3CC3)c2F)[C@H](O)C1. The summed E-state index contributed by atoms with van der Waals surface area (Å²) in [5.74, 6) is -2.10. The van der Waals surface area contributed by atoms with Crippen LogP contribution in [0, 0.1) is 23.6 Å². The minimum absolute atomic E-state index is 0.0493. The number of primary amides is 1. The van der Waals surface area contributed by atoms with Gasteiger partial charge in [-0.05, 0) is 57.4 Å². The van der Waals surface area contributed by atoms with Crippen molar-refractivity contribution in [2.45, 2.75) is 63.3 Å². The van der Waals surface area contributed by atoms with Crippen LogP contribution in [0.2, 0.25) is 0 Å². The van der Waals surface area contributed by atoms with E-state index in [2.05, 4.69) is 15.3 Å². The second-order valence-corrected chi connectivity index (χ2v) is 10.2. The lowest BCUT2D eigenvalue weighted by molar-refractivity contribution is -0.183. The van der Waals surface area contributed by atoms with Crippen molar-refractivity contribution in [2.24, 2.45) is 23.5 Å².